The normalized spacial score (nSPS) is 13.8. The van der Waals surface area contributed by atoms with E-state index in [1.807, 2.05) is 72.8 Å². The molecule has 0 saturated heterocycles. The fourth-order valence-electron chi connectivity index (χ4n) is 7.47. The monoisotopic (exact) mass is 673 g/mol. The highest BCUT2D eigenvalue weighted by Crippen LogP contribution is 2.41. The molecule has 0 spiro atoms. The van der Waals surface area contributed by atoms with E-state index in [1.165, 1.54) is 18.2 Å². The maximum atomic E-state index is 8.00. The maximum Gasteiger partial charge on any atom is 0.238 e. The summed E-state index contributed by atoms with van der Waals surface area (Å²) in [5.74, 6) is 1.39. The smallest absolute Gasteiger partial charge is 0.238 e. The second-order valence-electron chi connectivity index (χ2n) is 12.9. The van der Waals surface area contributed by atoms with E-state index in [0.717, 1.165) is 54.9 Å². The Kier molecular flexibility index (Phi) is 5.56. The summed E-state index contributed by atoms with van der Waals surface area (Å²) in [4.78, 5) is 15.4. The van der Waals surface area contributed by atoms with Gasteiger partial charge in [0.15, 0.2) is 11.6 Å². The topological polar surface area (TPSA) is 48.5 Å². The molecule has 246 valence electrons. The summed E-state index contributed by atoms with van der Waals surface area (Å²) in [5, 5.41) is 4.36. The molecule has 0 radical (unpaired) electrons. The molecule has 0 saturated carbocycles. The van der Waals surface area contributed by atoms with Gasteiger partial charge in [-0.2, -0.15) is 9.97 Å². The quantitative estimate of drug-likeness (QED) is 0.183. The Balaban J connectivity index is 1.23. The van der Waals surface area contributed by atoms with Gasteiger partial charge in [0.25, 0.3) is 0 Å². The molecule has 0 amide bonds. The van der Waals surface area contributed by atoms with Crippen LogP contribution >= 0.6 is 0 Å². The van der Waals surface area contributed by atoms with Crippen LogP contribution in [0.25, 0.3) is 89.2 Å². The summed E-state index contributed by atoms with van der Waals surface area (Å²) in [6.45, 7) is -4.95. The maximum absolute atomic E-state index is 8.00. The first-order valence-electron chi connectivity index (χ1n) is 20.1. The predicted octanol–water partition coefficient (Wildman–Crippen LogP) is 11.7. The number of hydrogen-bond donors (Lipinski definition) is 0. The number of nitrogens with zero attached hydrogens (tertiary/aromatic N) is 5. The Morgan fingerprint density at radius 3 is 1.52 bits per heavy atom. The Hall–Kier alpha value is -6.85. The molecule has 0 bridgehead atoms. The van der Waals surface area contributed by atoms with E-state index < -0.39 is 13.7 Å². The van der Waals surface area contributed by atoms with Gasteiger partial charge in [-0.05, 0) is 49.1 Å². The molecule has 0 aliphatic carbocycles. The van der Waals surface area contributed by atoms with Gasteiger partial charge < -0.3 is 4.57 Å². The largest absolute Gasteiger partial charge is 0.307 e. The molecule has 0 fully saturated rings. The summed E-state index contributed by atoms with van der Waals surface area (Å²) >= 11 is 0. The van der Waals surface area contributed by atoms with Crippen LogP contribution in [0, 0.1) is 13.7 Å². The Bertz CT molecular complexity index is 3150. The van der Waals surface area contributed by atoms with Crippen molar-refractivity contribution in [3.63, 3.8) is 0 Å². The summed E-state index contributed by atoms with van der Waals surface area (Å²) in [7, 11) is 0. The first-order valence-corrected chi connectivity index (χ1v) is 17.1. The van der Waals surface area contributed by atoms with Crippen LogP contribution in [0.2, 0.25) is 0 Å². The molecule has 10 aromatic rings. The third kappa shape index (κ3) is 4.82. The lowest BCUT2D eigenvalue weighted by Crippen LogP contribution is -2.07. The van der Waals surface area contributed by atoms with Crippen molar-refractivity contribution in [3.05, 3.63) is 175 Å². The van der Waals surface area contributed by atoms with Crippen molar-refractivity contribution in [2.45, 2.75) is 13.7 Å². The van der Waals surface area contributed by atoms with Gasteiger partial charge in [-0.25, -0.2) is 4.98 Å². The third-order valence-corrected chi connectivity index (χ3v) is 9.75. The molecule has 0 atom stereocenters. The third-order valence-electron chi connectivity index (χ3n) is 9.75. The molecule has 5 nitrogen and oxygen atoms in total. The van der Waals surface area contributed by atoms with Crippen molar-refractivity contribution < 1.29 is 8.22 Å². The Morgan fingerprint density at radius 2 is 0.904 bits per heavy atom. The van der Waals surface area contributed by atoms with Crippen molar-refractivity contribution in [2.75, 3.05) is 0 Å². The van der Waals surface area contributed by atoms with Crippen LogP contribution in [0.3, 0.4) is 0 Å². The van der Waals surface area contributed by atoms with Crippen molar-refractivity contribution in [3.8, 4) is 45.5 Å². The predicted molar refractivity (Wildman–Crippen MR) is 214 cm³/mol. The lowest BCUT2D eigenvalue weighted by molar-refractivity contribution is 0.953. The van der Waals surface area contributed by atoms with Crippen LogP contribution in [-0.4, -0.2) is 24.1 Å². The second kappa shape index (κ2) is 11.9. The zero-order valence-corrected chi connectivity index (χ0v) is 27.8. The van der Waals surface area contributed by atoms with Crippen molar-refractivity contribution in [1.29, 1.82) is 0 Å². The number of fused-ring (bicyclic) bond motifs is 7. The lowest BCUT2D eigenvalue weighted by atomic mass is 10.00. The van der Waals surface area contributed by atoms with Gasteiger partial charge in [-0.1, -0.05) is 151 Å². The molecule has 52 heavy (non-hydrogen) atoms. The minimum absolute atomic E-state index is 0.0265. The number of para-hydroxylation sites is 3. The van der Waals surface area contributed by atoms with E-state index in [2.05, 4.69) is 81.9 Å². The molecule has 0 unspecified atom stereocenters. The summed E-state index contributed by atoms with van der Waals surface area (Å²) < 4.78 is 52.5. The standard InChI is InChI=1S/C47H33N5/c1-30-27-31(2)29-35(28-30)32-21-23-34(24-22-32)46-48-45(33-13-5-3-6-14-33)49-47(50-46)52-42-20-12-10-18-38(42)40-26-25-39-37-17-9-11-19-41(37)51(43(39)44(40)52)36-15-7-4-8-16-36/h3-29H,1-2H3/i1D3,2D3. The van der Waals surface area contributed by atoms with Crippen LogP contribution in [0.4, 0.5) is 0 Å². The lowest BCUT2D eigenvalue weighted by Gasteiger charge is -2.13. The fraction of sp³-hybridized carbons (Fsp3) is 0.0426. The van der Waals surface area contributed by atoms with Gasteiger partial charge in [0.2, 0.25) is 5.95 Å². The van der Waals surface area contributed by atoms with Crippen LogP contribution in [0.5, 0.6) is 0 Å². The molecule has 0 aliphatic heterocycles. The van der Waals surface area contributed by atoms with E-state index in [4.69, 9.17) is 23.2 Å². The molecule has 7 aromatic carbocycles. The van der Waals surface area contributed by atoms with E-state index >= 15 is 0 Å². The zero-order valence-electron chi connectivity index (χ0n) is 33.8. The van der Waals surface area contributed by atoms with Crippen LogP contribution in [0.1, 0.15) is 19.4 Å². The number of hydrogen-bond acceptors (Lipinski definition) is 3. The first-order chi connectivity index (χ1) is 28.0. The molecule has 3 aromatic heterocycles. The highest BCUT2D eigenvalue weighted by Gasteiger charge is 2.23. The van der Waals surface area contributed by atoms with Crippen molar-refractivity contribution in [1.82, 2.24) is 24.1 Å². The first kappa shape index (κ1) is 24.3. The summed E-state index contributed by atoms with van der Waals surface area (Å²) in [6.07, 6.45) is 0. The van der Waals surface area contributed by atoms with Gasteiger partial charge in [0, 0.05) is 46.6 Å². The van der Waals surface area contributed by atoms with E-state index in [-0.39, 0.29) is 11.1 Å². The van der Waals surface area contributed by atoms with Gasteiger partial charge >= 0.3 is 0 Å². The number of aromatic nitrogens is 5. The average molecular weight is 674 g/mol. The SMILES string of the molecule is [2H]C([2H])([2H])c1cc(-c2ccc(-c3nc(-c4ccccc4)nc(-n4c5ccccc5c5ccc6c7ccccc7n(-c7ccccc7)c6c54)n3)cc2)cc(C([2H])([2H])[2H])c1. The molecule has 5 heteroatoms. The Labute approximate surface area is 309 Å². The minimum Gasteiger partial charge on any atom is -0.307 e. The summed E-state index contributed by atoms with van der Waals surface area (Å²) in [6, 6.07) is 53.1. The molecular formula is C47H33N5. The van der Waals surface area contributed by atoms with E-state index in [9.17, 15) is 0 Å². The molecule has 10 rings (SSSR count). The molecular weight excluding hydrogens is 635 g/mol. The zero-order chi connectivity index (χ0) is 39.8. The van der Waals surface area contributed by atoms with Crippen molar-refractivity contribution >= 4 is 43.6 Å². The summed E-state index contributed by atoms with van der Waals surface area (Å²) in [5.41, 5.74) is 7.70. The average Bonchev–Trinajstić information content (AvgIpc) is 3.77. The Morgan fingerprint density at radius 1 is 0.404 bits per heavy atom. The molecule has 0 N–H and O–H groups in total. The van der Waals surface area contributed by atoms with Gasteiger partial charge in [0.1, 0.15) is 0 Å². The number of rotatable bonds is 5. The number of benzene rings is 7. The van der Waals surface area contributed by atoms with Crippen LogP contribution < -0.4 is 0 Å². The van der Waals surface area contributed by atoms with Gasteiger partial charge in [0.05, 0.1) is 22.1 Å². The number of aryl methyl sites for hydroxylation is 2. The van der Waals surface area contributed by atoms with E-state index in [0.29, 0.717) is 34.3 Å². The highest BCUT2D eigenvalue weighted by molar-refractivity contribution is 6.23. The van der Waals surface area contributed by atoms with Gasteiger partial charge in [-0.3, -0.25) is 4.57 Å². The van der Waals surface area contributed by atoms with Crippen LogP contribution in [0.15, 0.2) is 164 Å². The second-order valence-corrected chi connectivity index (χ2v) is 12.9. The highest BCUT2D eigenvalue weighted by atomic mass is 15.2. The fourth-order valence-corrected chi connectivity index (χ4v) is 7.47. The van der Waals surface area contributed by atoms with E-state index in [1.54, 1.807) is 0 Å². The van der Waals surface area contributed by atoms with Crippen molar-refractivity contribution in [2.24, 2.45) is 0 Å². The minimum atomic E-state index is -2.47. The molecule has 0 aliphatic rings. The van der Waals surface area contributed by atoms with Crippen LogP contribution in [-0.2, 0) is 0 Å². The molecule has 3 heterocycles. The van der Waals surface area contributed by atoms with Gasteiger partial charge in [-0.15, -0.1) is 0 Å².